The van der Waals surface area contributed by atoms with Crippen LogP contribution in [-0.2, 0) is 9.53 Å². The maximum absolute atomic E-state index is 11.1. The Kier molecular flexibility index (Phi) is 5.37. The van der Waals surface area contributed by atoms with Crippen LogP contribution in [0.2, 0.25) is 0 Å². The number of carbonyl (C=O) groups excluding carboxylic acids is 1. The minimum atomic E-state index is -0.679. The summed E-state index contributed by atoms with van der Waals surface area (Å²) in [5.74, 6) is -0.824. The van der Waals surface area contributed by atoms with Crippen molar-refractivity contribution >= 4 is 5.97 Å². The van der Waals surface area contributed by atoms with E-state index < -0.39 is 12.0 Å². The first-order chi connectivity index (χ1) is 5.63. The molecule has 0 aromatic rings. The second kappa shape index (κ2) is 5.77. The molecule has 3 heteroatoms. The van der Waals surface area contributed by atoms with Crippen molar-refractivity contribution in [3.05, 3.63) is 12.7 Å². The summed E-state index contributed by atoms with van der Waals surface area (Å²) in [4.78, 5) is 11.1. The fraction of sp³-hybridized carbons (Fsp3) is 0.667. The van der Waals surface area contributed by atoms with E-state index in [0.717, 1.165) is 0 Å². The van der Waals surface area contributed by atoms with E-state index in [9.17, 15) is 9.90 Å². The van der Waals surface area contributed by atoms with E-state index in [1.807, 2.05) is 0 Å². The van der Waals surface area contributed by atoms with Crippen LogP contribution in [0, 0.1) is 5.92 Å². The van der Waals surface area contributed by atoms with Gasteiger partial charge in [0.15, 0.2) is 0 Å². The van der Waals surface area contributed by atoms with Crippen LogP contribution in [0.25, 0.3) is 0 Å². The molecule has 0 rings (SSSR count). The number of ether oxygens (including phenoxy) is 1. The third-order valence-electron chi connectivity index (χ3n) is 1.59. The molecular weight excluding hydrogens is 156 g/mol. The van der Waals surface area contributed by atoms with E-state index in [0.29, 0.717) is 13.0 Å². The number of hydrogen-bond acceptors (Lipinski definition) is 3. The van der Waals surface area contributed by atoms with E-state index in [1.165, 1.54) is 0 Å². The molecule has 0 saturated carbocycles. The average Bonchev–Trinajstić information content (AvgIpc) is 1.99. The highest BCUT2D eigenvalue weighted by Crippen LogP contribution is 2.11. The molecule has 12 heavy (non-hydrogen) atoms. The summed E-state index contributed by atoms with van der Waals surface area (Å²) in [5.41, 5.74) is 0. The Bertz CT molecular complexity index is 152. The maximum atomic E-state index is 11.1. The molecule has 0 aliphatic heterocycles. The largest absolute Gasteiger partial charge is 0.466 e. The standard InChI is InChI=1S/C9H16O3/c1-4-6-8(7(3)10)9(11)12-5-2/h4,7-8,10H,1,5-6H2,2-3H3/t7-,8-/m0/s1. The highest BCUT2D eigenvalue weighted by atomic mass is 16.5. The average molecular weight is 172 g/mol. The van der Waals surface area contributed by atoms with Crippen LogP contribution in [0.15, 0.2) is 12.7 Å². The smallest absolute Gasteiger partial charge is 0.311 e. The fourth-order valence-corrected chi connectivity index (χ4v) is 0.919. The van der Waals surface area contributed by atoms with Crippen molar-refractivity contribution in [1.29, 1.82) is 0 Å². The van der Waals surface area contributed by atoms with Gasteiger partial charge >= 0.3 is 5.97 Å². The third kappa shape index (κ3) is 3.53. The molecule has 0 spiro atoms. The van der Waals surface area contributed by atoms with Crippen LogP contribution in [0.4, 0.5) is 0 Å². The van der Waals surface area contributed by atoms with Gasteiger partial charge in [-0.2, -0.15) is 0 Å². The van der Waals surface area contributed by atoms with Gasteiger partial charge in [-0.25, -0.2) is 0 Å². The quantitative estimate of drug-likeness (QED) is 0.499. The molecule has 0 bridgehead atoms. The molecule has 3 nitrogen and oxygen atoms in total. The summed E-state index contributed by atoms with van der Waals surface area (Å²) in [6.45, 7) is 7.17. The van der Waals surface area contributed by atoms with E-state index in [2.05, 4.69) is 6.58 Å². The third-order valence-corrected chi connectivity index (χ3v) is 1.59. The predicted molar refractivity (Wildman–Crippen MR) is 46.6 cm³/mol. The lowest BCUT2D eigenvalue weighted by atomic mass is 10.0. The number of esters is 1. The van der Waals surface area contributed by atoms with Gasteiger partial charge in [0.2, 0.25) is 0 Å². The Labute approximate surface area is 73.0 Å². The van der Waals surface area contributed by atoms with Crippen LogP contribution in [0.1, 0.15) is 20.3 Å². The molecule has 70 valence electrons. The molecule has 0 aliphatic rings. The van der Waals surface area contributed by atoms with E-state index in [1.54, 1.807) is 19.9 Å². The molecule has 0 unspecified atom stereocenters. The first-order valence-electron chi connectivity index (χ1n) is 4.09. The lowest BCUT2D eigenvalue weighted by Crippen LogP contribution is -2.27. The van der Waals surface area contributed by atoms with Crippen LogP contribution in [-0.4, -0.2) is 23.8 Å². The summed E-state index contributed by atoms with van der Waals surface area (Å²) in [5, 5.41) is 9.19. The van der Waals surface area contributed by atoms with Gasteiger partial charge in [0.25, 0.3) is 0 Å². The highest BCUT2D eigenvalue weighted by molar-refractivity contribution is 5.73. The van der Waals surface area contributed by atoms with Gasteiger partial charge in [0, 0.05) is 0 Å². The highest BCUT2D eigenvalue weighted by Gasteiger charge is 2.22. The molecule has 0 saturated heterocycles. The minimum Gasteiger partial charge on any atom is -0.466 e. The summed E-state index contributed by atoms with van der Waals surface area (Å²) in [7, 11) is 0. The molecule has 0 fully saturated rings. The monoisotopic (exact) mass is 172 g/mol. The normalized spacial score (nSPS) is 14.9. The summed E-state index contributed by atoms with van der Waals surface area (Å²) < 4.78 is 4.77. The second-order valence-corrected chi connectivity index (χ2v) is 2.62. The molecule has 0 heterocycles. The van der Waals surface area contributed by atoms with Crippen molar-refractivity contribution in [3.63, 3.8) is 0 Å². The summed E-state index contributed by atoms with van der Waals surface area (Å²) in [6, 6.07) is 0. The molecular formula is C9H16O3. The summed E-state index contributed by atoms with van der Waals surface area (Å²) >= 11 is 0. The number of aliphatic hydroxyl groups is 1. The van der Waals surface area contributed by atoms with E-state index in [-0.39, 0.29) is 5.97 Å². The van der Waals surface area contributed by atoms with Crippen LogP contribution in [0.3, 0.4) is 0 Å². The lowest BCUT2D eigenvalue weighted by Gasteiger charge is -2.15. The van der Waals surface area contributed by atoms with Crippen molar-refractivity contribution in [2.45, 2.75) is 26.4 Å². The number of allylic oxidation sites excluding steroid dienone is 1. The first kappa shape index (κ1) is 11.2. The number of aliphatic hydroxyl groups excluding tert-OH is 1. The van der Waals surface area contributed by atoms with Gasteiger partial charge in [-0.3, -0.25) is 4.79 Å². The molecule has 1 N–H and O–H groups in total. The Balaban J connectivity index is 4.08. The number of hydrogen-bond donors (Lipinski definition) is 1. The predicted octanol–water partition coefficient (Wildman–Crippen LogP) is 1.12. The van der Waals surface area contributed by atoms with Gasteiger partial charge in [-0.15, -0.1) is 6.58 Å². The van der Waals surface area contributed by atoms with Crippen LogP contribution < -0.4 is 0 Å². The van der Waals surface area contributed by atoms with Gasteiger partial charge in [-0.1, -0.05) is 6.08 Å². The zero-order valence-corrected chi connectivity index (χ0v) is 7.62. The van der Waals surface area contributed by atoms with Crippen molar-refractivity contribution in [3.8, 4) is 0 Å². The molecule has 2 atom stereocenters. The summed E-state index contributed by atoms with van der Waals surface area (Å²) in [6.07, 6.45) is 1.38. The van der Waals surface area contributed by atoms with Gasteiger partial charge in [-0.05, 0) is 20.3 Å². The first-order valence-corrected chi connectivity index (χ1v) is 4.09. The molecule has 0 aromatic carbocycles. The van der Waals surface area contributed by atoms with Crippen molar-refractivity contribution in [2.75, 3.05) is 6.61 Å². The zero-order chi connectivity index (χ0) is 9.56. The Morgan fingerprint density at radius 3 is 2.67 bits per heavy atom. The second-order valence-electron chi connectivity index (χ2n) is 2.62. The van der Waals surface area contributed by atoms with Crippen LogP contribution in [0.5, 0.6) is 0 Å². The topological polar surface area (TPSA) is 46.5 Å². The lowest BCUT2D eigenvalue weighted by molar-refractivity contribution is -0.151. The Morgan fingerprint density at radius 2 is 2.33 bits per heavy atom. The van der Waals surface area contributed by atoms with Gasteiger partial charge in [0.05, 0.1) is 18.6 Å². The molecule has 0 aliphatic carbocycles. The fourth-order valence-electron chi connectivity index (χ4n) is 0.919. The zero-order valence-electron chi connectivity index (χ0n) is 7.62. The van der Waals surface area contributed by atoms with Gasteiger partial charge in [0.1, 0.15) is 0 Å². The molecule has 0 amide bonds. The van der Waals surface area contributed by atoms with E-state index >= 15 is 0 Å². The van der Waals surface area contributed by atoms with Crippen molar-refractivity contribution < 1.29 is 14.6 Å². The number of carbonyl (C=O) groups is 1. The van der Waals surface area contributed by atoms with Crippen molar-refractivity contribution in [2.24, 2.45) is 5.92 Å². The maximum Gasteiger partial charge on any atom is 0.311 e. The van der Waals surface area contributed by atoms with Crippen LogP contribution >= 0.6 is 0 Å². The Morgan fingerprint density at radius 1 is 1.75 bits per heavy atom. The number of rotatable bonds is 5. The SMILES string of the molecule is C=CC[C@H](C(=O)OCC)[C@H](C)O. The molecule has 0 radical (unpaired) electrons. The van der Waals surface area contributed by atoms with E-state index in [4.69, 9.17) is 4.74 Å². The molecule has 0 aromatic heterocycles. The van der Waals surface area contributed by atoms with Crippen molar-refractivity contribution in [1.82, 2.24) is 0 Å². The Hall–Kier alpha value is -0.830. The van der Waals surface area contributed by atoms with Gasteiger partial charge < -0.3 is 9.84 Å². The minimum absolute atomic E-state index is 0.346.